The molecule has 0 aliphatic carbocycles. The maximum Gasteiger partial charge on any atom is 0.119 e. The van der Waals surface area contributed by atoms with Crippen molar-refractivity contribution >= 4 is 0 Å². The molecule has 5 heterocycles. The van der Waals surface area contributed by atoms with Crippen molar-refractivity contribution in [2.75, 3.05) is 66.1 Å². The Hall–Kier alpha value is -8.36. The SMILES string of the molecule is CC.CC.CC.CC.CC.CC.CCC.CCC.CCC.CCC.CCC.CCC.CCC.CCC.CCC.c1ccc(C2COOC2)cc1.c1ccc(C2COOC2)cc1.c1ccc(C2COOC2)cc1.c1ccc(C2COOC2)cc1.c1ccc(OCC2CO2)cc1.c1ccccc1.c1ccccc1.c1ccccc1.c1ccccc1.c1ccccc1. The first kappa shape index (κ1) is 136. The summed E-state index contributed by atoms with van der Waals surface area (Å²) in [5, 5.41) is 0. The van der Waals surface area contributed by atoms with Gasteiger partial charge in [-0.1, -0.05) is 587 Å². The van der Waals surface area contributed by atoms with E-state index in [2.05, 4.69) is 173 Å². The maximum absolute atomic E-state index is 5.40. The van der Waals surface area contributed by atoms with Gasteiger partial charge in [0.25, 0.3) is 0 Å². The van der Waals surface area contributed by atoms with Crippen molar-refractivity contribution in [2.45, 2.75) is 295 Å². The summed E-state index contributed by atoms with van der Waals surface area (Å²) < 4.78 is 10.4. The minimum absolute atomic E-state index is 0.343. The van der Waals surface area contributed by atoms with Crippen LogP contribution in [0.25, 0.3) is 0 Å². The van der Waals surface area contributed by atoms with Gasteiger partial charge < -0.3 is 9.47 Å². The van der Waals surface area contributed by atoms with Gasteiger partial charge in [0.05, 0.1) is 59.5 Å². The van der Waals surface area contributed by atoms with Gasteiger partial charge in [0.2, 0.25) is 0 Å². The minimum Gasteiger partial charge on any atom is -0.491 e. The Morgan fingerprint density at radius 2 is 0.282 bits per heavy atom. The third-order valence-electron chi connectivity index (χ3n) is 12.5. The van der Waals surface area contributed by atoms with E-state index in [0.717, 1.165) is 12.4 Å². The molecular formula is C114H188O10. The summed E-state index contributed by atoms with van der Waals surface area (Å²) in [6, 6.07) is 111. The molecule has 1 unspecified atom stereocenters. The highest BCUT2D eigenvalue weighted by molar-refractivity contribution is 5.24. The summed E-state index contributed by atoms with van der Waals surface area (Å²) in [5.41, 5.74) is 5.19. The Morgan fingerprint density at radius 1 is 0.177 bits per heavy atom. The molecule has 124 heavy (non-hydrogen) atoms. The lowest BCUT2D eigenvalue weighted by atomic mass is 10.0. The molecule has 10 heteroatoms. The Morgan fingerprint density at radius 3 is 0.395 bits per heavy atom. The molecule has 704 valence electrons. The Bertz CT molecular complexity index is 2550. The molecule has 5 aliphatic heterocycles. The van der Waals surface area contributed by atoms with E-state index in [4.69, 9.17) is 48.6 Å². The number of rotatable bonds is 7. The Kier molecular flexibility index (Phi) is 146. The molecule has 0 saturated carbocycles. The van der Waals surface area contributed by atoms with Crippen LogP contribution < -0.4 is 4.74 Å². The van der Waals surface area contributed by atoms with Crippen molar-refractivity contribution in [1.82, 2.24) is 0 Å². The Labute approximate surface area is 767 Å². The quantitative estimate of drug-likeness (QED) is 0.113. The first-order valence-electron chi connectivity index (χ1n) is 47.5. The molecule has 5 fully saturated rings. The lowest BCUT2D eigenvalue weighted by molar-refractivity contribution is -0.248. The number of hydrogen-bond donors (Lipinski definition) is 0. The lowest BCUT2D eigenvalue weighted by Crippen LogP contribution is -2.03. The van der Waals surface area contributed by atoms with Crippen LogP contribution in [0.4, 0.5) is 0 Å². The summed E-state index contributed by atoms with van der Waals surface area (Å²) in [5.74, 6) is 2.63. The third-order valence-corrected chi connectivity index (χ3v) is 12.5. The summed E-state index contributed by atoms with van der Waals surface area (Å²) in [7, 11) is 0. The molecule has 0 bridgehead atoms. The number of benzene rings is 10. The van der Waals surface area contributed by atoms with Gasteiger partial charge in [-0.05, 0) is 34.4 Å². The number of epoxide rings is 1. The van der Waals surface area contributed by atoms with E-state index in [-0.39, 0.29) is 0 Å². The topological polar surface area (TPSA) is 95.6 Å². The molecule has 1 atom stereocenters. The van der Waals surface area contributed by atoms with Crippen molar-refractivity contribution in [3.8, 4) is 5.75 Å². The van der Waals surface area contributed by atoms with Crippen LogP contribution in [0.15, 0.2) is 334 Å². The molecule has 10 aromatic carbocycles. The van der Waals surface area contributed by atoms with Gasteiger partial charge in [-0.15, -0.1) is 0 Å². The van der Waals surface area contributed by atoms with Crippen LogP contribution in [-0.2, 0) is 43.8 Å². The highest BCUT2D eigenvalue weighted by atomic mass is 17.2. The molecule has 5 saturated heterocycles. The van der Waals surface area contributed by atoms with E-state index < -0.39 is 0 Å². The van der Waals surface area contributed by atoms with Gasteiger partial charge in [0.1, 0.15) is 18.5 Å². The van der Waals surface area contributed by atoms with Gasteiger partial charge in [-0.2, -0.15) is 0 Å². The second-order valence-corrected chi connectivity index (χ2v) is 25.4. The zero-order chi connectivity index (χ0) is 95.2. The standard InChI is InChI=1S/5C9H10O2.5C6H6.9C3H8.6C2H6/c1-2-4-8(5-3-1)10-6-9-7-11-9;4*1-2-4-8(5-3-1)9-6-10-11-7-9;5*1-2-4-6-5-3-1;9*1-3-2;6*1-2/h5*1-5,9H,6-7H2;5*1-6H;9*3H2,1-2H3;6*1-2H3. The van der Waals surface area contributed by atoms with Gasteiger partial charge in [-0.25, -0.2) is 39.1 Å². The van der Waals surface area contributed by atoms with Gasteiger partial charge in [0, 0.05) is 23.7 Å². The molecule has 15 rings (SSSR count). The fourth-order valence-electron chi connectivity index (χ4n) is 7.70. The molecule has 5 aliphatic rings. The van der Waals surface area contributed by atoms with Crippen LogP contribution in [0.2, 0.25) is 0 Å². The van der Waals surface area contributed by atoms with Crippen molar-refractivity contribution in [1.29, 1.82) is 0 Å². The van der Waals surface area contributed by atoms with Crippen molar-refractivity contribution < 1.29 is 48.6 Å². The fourth-order valence-corrected chi connectivity index (χ4v) is 7.70. The molecule has 0 radical (unpaired) electrons. The van der Waals surface area contributed by atoms with Crippen LogP contribution >= 0.6 is 0 Å². The van der Waals surface area contributed by atoms with Crippen LogP contribution in [0.3, 0.4) is 0 Å². The molecule has 0 aromatic heterocycles. The first-order chi connectivity index (χ1) is 61.0. The molecule has 0 N–H and O–H groups in total. The normalized spacial score (nSPS) is 12.1. The van der Waals surface area contributed by atoms with E-state index in [9.17, 15) is 0 Å². The monoisotopic (exact) mass is 1720 g/mol. The predicted molar refractivity (Wildman–Crippen MR) is 550 cm³/mol. The second-order valence-electron chi connectivity index (χ2n) is 25.4. The summed E-state index contributed by atoms with van der Waals surface area (Å²) in [6.07, 6.45) is 11.6. The number of ether oxygens (including phenoxy) is 2. The van der Waals surface area contributed by atoms with E-state index >= 15 is 0 Å². The average molecular weight is 1720 g/mol. The van der Waals surface area contributed by atoms with Crippen molar-refractivity contribution in [2.24, 2.45) is 0 Å². The van der Waals surface area contributed by atoms with Crippen LogP contribution in [0.1, 0.15) is 311 Å². The zero-order valence-corrected chi connectivity index (χ0v) is 84.7. The maximum atomic E-state index is 5.40. The smallest absolute Gasteiger partial charge is 0.119 e. The molecule has 0 spiro atoms. The summed E-state index contributed by atoms with van der Waals surface area (Å²) in [4.78, 5) is 38.5. The lowest BCUT2D eigenvalue weighted by Gasteiger charge is -2.03. The van der Waals surface area contributed by atoms with E-state index in [0.29, 0.717) is 89.2 Å². The zero-order valence-electron chi connectivity index (χ0n) is 84.7. The minimum atomic E-state index is 0.343. The van der Waals surface area contributed by atoms with E-state index in [1.807, 2.05) is 368 Å². The number of para-hydroxylation sites is 1. The summed E-state index contributed by atoms with van der Waals surface area (Å²) in [6.45, 7) is 69.3. The van der Waals surface area contributed by atoms with Crippen LogP contribution in [0.5, 0.6) is 5.75 Å². The van der Waals surface area contributed by atoms with E-state index in [1.54, 1.807) is 0 Å². The van der Waals surface area contributed by atoms with Crippen LogP contribution in [0, 0.1) is 0 Å². The average Bonchev–Trinajstić information content (AvgIpc) is 1.75. The number of hydrogen-bond acceptors (Lipinski definition) is 10. The molecule has 0 amide bonds. The first-order valence-corrected chi connectivity index (χ1v) is 47.5. The van der Waals surface area contributed by atoms with Gasteiger partial charge in [-0.3, -0.25) is 0 Å². The molecular weight excluding hydrogens is 1530 g/mol. The van der Waals surface area contributed by atoms with Crippen LogP contribution in [-0.4, -0.2) is 72.2 Å². The predicted octanol–water partition coefficient (Wildman–Crippen LogP) is 35.7. The molecule has 10 aromatic rings. The van der Waals surface area contributed by atoms with Gasteiger partial charge in [0.15, 0.2) is 0 Å². The van der Waals surface area contributed by atoms with Gasteiger partial charge >= 0.3 is 0 Å². The highest BCUT2D eigenvalue weighted by Gasteiger charge is 2.23. The third kappa shape index (κ3) is 112. The largest absolute Gasteiger partial charge is 0.491 e. The highest BCUT2D eigenvalue weighted by Crippen LogP contribution is 2.24. The van der Waals surface area contributed by atoms with Crippen molar-refractivity contribution in [3.05, 3.63) is 356 Å². The Balaban J connectivity index is -0.000000140. The van der Waals surface area contributed by atoms with Crippen molar-refractivity contribution in [3.63, 3.8) is 0 Å². The fraction of sp³-hybridized carbons (Fsp3) is 0.474. The second kappa shape index (κ2) is 133. The molecule has 10 nitrogen and oxygen atoms in total. The summed E-state index contributed by atoms with van der Waals surface area (Å²) >= 11 is 0. The van der Waals surface area contributed by atoms with E-state index in [1.165, 1.54) is 80.0 Å².